The van der Waals surface area contributed by atoms with Crippen LogP contribution in [0.2, 0.25) is 0 Å². The average molecular weight is 412 g/mol. The van der Waals surface area contributed by atoms with Crippen LogP contribution in [-0.4, -0.2) is 41.4 Å². The zero-order chi connectivity index (χ0) is 22.1. The second-order valence-corrected chi connectivity index (χ2v) is 7.65. The van der Waals surface area contributed by atoms with Gasteiger partial charge in [-0.1, -0.05) is 56.3 Å². The number of Topliss-reactive ketones (excluding diaryl/α,β-unsaturated/α-hetero) is 1. The maximum atomic E-state index is 12.9. The predicted molar refractivity (Wildman–Crippen MR) is 118 cm³/mol. The van der Waals surface area contributed by atoms with E-state index in [0.29, 0.717) is 38.0 Å². The highest BCUT2D eigenvalue weighted by Gasteiger charge is 2.45. The van der Waals surface area contributed by atoms with Crippen molar-refractivity contribution in [3.63, 3.8) is 0 Å². The number of aliphatic hydroxyl groups is 1. The zero-order valence-corrected chi connectivity index (χ0v) is 18.4. The molecule has 0 aromatic heterocycles. The first-order chi connectivity index (χ1) is 14.4. The first-order valence-electron chi connectivity index (χ1n) is 10.6. The fraction of sp³-hybridized carbons (Fsp3) is 0.440. The van der Waals surface area contributed by atoms with E-state index in [1.165, 1.54) is 4.90 Å². The second-order valence-electron chi connectivity index (χ2n) is 7.65. The van der Waals surface area contributed by atoms with Gasteiger partial charge in [0.25, 0.3) is 0 Å². The van der Waals surface area contributed by atoms with Crippen LogP contribution in [0.25, 0.3) is 0 Å². The number of ether oxygens (including phenoxy) is 1. The minimum absolute atomic E-state index is 0.144. The Balaban J connectivity index is 0.00000155. The maximum Gasteiger partial charge on any atom is 0.232 e. The van der Waals surface area contributed by atoms with Crippen molar-refractivity contribution in [2.75, 3.05) is 14.1 Å². The summed E-state index contributed by atoms with van der Waals surface area (Å²) in [7, 11) is 3.37. The number of carbonyl (C=O) groups excluding carboxylic acids is 2. The minimum atomic E-state index is -1.21. The van der Waals surface area contributed by atoms with Gasteiger partial charge in [-0.05, 0) is 36.1 Å². The summed E-state index contributed by atoms with van der Waals surface area (Å²) in [6.07, 6.45) is 1.24. The van der Waals surface area contributed by atoms with E-state index in [1.807, 2.05) is 68.4 Å². The van der Waals surface area contributed by atoms with Crippen molar-refractivity contribution in [2.24, 2.45) is 0 Å². The number of carbonyl (C=O) groups is 2. The van der Waals surface area contributed by atoms with E-state index in [2.05, 4.69) is 0 Å². The molecule has 1 amide bonds. The number of amides is 1. The Hall–Kier alpha value is -2.66. The van der Waals surface area contributed by atoms with E-state index in [1.54, 1.807) is 14.1 Å². The van der Waals surface area contributed by atoms with Gasteiger partial charge in [-0.3, -0.25) is 9.59 Å². The van der Waals surface area contributed by atoms with Gasteiger partial charge in [-0.25, -0.2) is 0 Å². The molecular weight excluding hydrogens is 378 g/mol. The lowest BCUT2D eigenvalue weighted by Crippen LogP contribution is -2.47. The molecule has 2 aromatic rings. The van der Waals surface area contributed by atoms with E-state index in [9.17, 15) is 14.7 Å². The fourth-order valence-electron chi connectivity index (χ4n) is 3.69. The third kappa shape index (κ3) is 5.92. The molecular formula is C25H33NO4. The van der Waals surface area contributed by atoms with E-state index >= 15 is 0 Å². The molecule has 30 heavy (non-hydrogen) atoms. The van der Waals surface area contributed by atoms with Crippen LogP contribution in [0, 0.1) is 0 Å². The molecule has 1 unspecified atom stereocenters. The van der Waals surface area contributed by atoms with Gasteiger partial charge < -0.3 is 14.7 Å². The number of ketones is 1. The molecule has 1 fully saturated rings. The molecule has 5 nitrogen and oxygen atoms in total. The van der Waals surface area contributed by atoms with Crippen LogP contribution in [0.4, 0.5) is 0 Å². The number of nitrogens with zero attached hydrogens (tertiary/aromatic N) is 1. The summed E-state index contributed by atoms with van der Waals surface area (Å²) in [6, 6.07) is 17.2. The van der Waals surface area contributed by atoms with E-state index in [4.69, 9.17) is 4.74 Å². The lowest BCUT2D eigenvalue weighted by atomic mass is 9.72. The summed E-state index contributed by atoms with van der Waals surface area (Å²) in [5.41, 5.74) is 0.609. The second kappa shape index (κ2) is 10.9. The number of hydrogen-bond donors (Lipinski definition) is 1. The molecule has 0 bridgehead atoms. The van der Waals surface area contributed by atoms with Crippen LogP contribution in [0.3, 0.4) is 0 Å². The summed E-state index contributed by atoms with van der Waals surface area (Å²) in [6.45, 7) is 4.46. The Morgan fingerprint density at radius 1 is 1.03 bits per heavy atom. The molecule has 5 heteroatoms. The van der Waals surface area contributed by atoms with Gasteiger partial charge in [0.05, 0.1) is 11.5 Å². The van der Waals surface area contributed by atoms with Crippen molar-refractivity contribution in [1.82, 2.24) is 4.90 Å². The molecule has 0 aliphatic heterocycles. The van der Waals surface area contributed by atoms with E-state index < -0.39 is 11.5 Å². The van der Waals surface area contributed by atoms with Crippen molar-refractivity contribution >= 4 is 11.7 Å². The van der Waals surface area contributed by atoms with Crippen molar-refractivity contribution < 1.29 is 19.4 Å². The molecule has 0 saturated heterocycles. The van der Waals surface area contributed by atoms with Crippen LogP contribution in [0.15, 0.2) is 54.6 Å². The molecule has 1 aliphatic rings. The summed E-state index contributed by atoms with van der Waals surface area (Å²) in [4.78, 5) is 26.0. The topological polar surface area (TPSA) is 66.8 Å². The molecule has 1 N–H and O–H groups in total. The maximum absolute atomic E-state index is 12.9. The highest BCUT2D eigenvalue weighted by molar-refractivity contribution is 5.86. The first-order valence-corrected chi connectivity index (χ1v) is 10.6. The van der Waals surface area contributed by atoms with Gasteiger partial charge in [-0.15, -0.1) is 0 Å². The van der Waals surface area contributed by atoms with Gasteiger partial charge in [0, 0.05) is 26.9 Å². The summed E-state index contributed by atoms with van der Waals surface area (Å²) >= 11 is 0. The minimum Gasteiger partial charge on any atom is -0.489 e. The molecule has 162 valence electrons. The Kier molecular flexibility index (Phi) is 8.60. The largest absolute Gasteiger partial charge is 0.489 e. The highest BCUT2D eigenvalue weighted by atomic mass is 16.5. The van der Waals surface area contributed by atoms with Crippen molar-refractivity contribution in [3.05, 3.63) is 65.7 Å². The van der Waals surface area contributed by atoms with Crippen molar-refractivity contribution in [1.29, 1.82) is 0 Å². The van der Waals surface area contributed by atoms with Gasteiger partial charge in [-0.2, -0.15) is 0 Å². The monoisotopic (exact) mass is 411 g/mol. The van der Waals surface area contributed by atoms with E-state index in [-0.39, 0.29) is 11.7 Å². The van der Waals surface area contributed by atoms with Gasteiger partial charge in [0.2, 0.25) is 5.91 Å². The number of likely N-dealkylation sites (N-methyl/N-ethyl adjacent to an activating group) is 1. The Morgan fingerprint density at radius 2 is 1.60 bits per heavy atom. The predicted octanol–water partition coefficient (Wildman–Crippen LogP) is 4.34. The quantitative estimate of drug-likeness (QED) is 0.768. The highest BCUT2D eigenvalue weighted by Crippen LogP contribution is 2.40. The fourth-order valence-corrected chi connectivity index (χ4v) is 3.69. The standard InChI is InChI=1S/C23H27NO4.C2H6/c1-24(2)22(26)21(23(27)14-12-19(25)13-15-23)18-8-10-20(11-9-18)28-16-17-6-4-3-5-7-17;1-2/h3-11,21,27H,12-16H2,1-2H3;1-2H3. The average Bonchev–Trinajstić information content (AvgIpc) is 2.77. The number of rotatable bonds is 6. The lowest BCUT2D eigenvalue weighted by molar-refractivity contribution is -0.142. The number of hydrogen-bond acceptors (Lipinski definition) is 4. The van der Waals surface area contributed by atoms with Crippen LogP contribution in [0.5, 0.6) is 5.75 Å². The molecule has 0 spiro atoms. The normalized spacial score (nSPS) is 16.1. The Morgan fingerprint density at radius 3 is 2.13 bits per heavy atom. The smallest absolute Gasteiger partial charge is 0.232 e. The van der Waals surface area contributed by atoms with Gasteiger partial charge in [0.1, 0.15) is 18.1 Å². The first kappa shape index (κ1) is 23.6. The summed E-state index contributed by atoms with van der Waals surface area (Å²) in [5, 5.41) is 11.2. The van der Waals surface area contributed by atoms with Gasteiger partial charge in [0.15, 0.2) is 0 Å². The van der Waals surface area contributed by atoms with Crippen LogP contribution in [-0.2, 0) is 16.2 Å². The summed E-state index contributed by atoms with van der Waals surface area (Å²) < 4.78 is 5.82. The molecule has 0 radical (unpaired) electrons. The SMILES string of the molecule is CC.CN(C)C(=O)C(c1ccc(OCc2ccccc2)cc1)C1(O)CCC(=O)CC1. The summed E-state index contributed by atoms with van der Waals surface area (Å²) in [5.74, 6) is -0.00608. The number of benzene rings is 2. The van der Waals surface area contributed by atoms with Crippen LogP contribution < -0.4 is 4.74 Å². The van der Waals surface area contributed by atoms with Gasteiger partial charge >= 0.3 is 0 Å². The molecule has 1 saturated carbocycles. The molecule has 1 atom stereocenters. The molecule has 0 heterocycles. The van der Waals surface area contributed by atoms with Crippen molar-refractivity contribution in [2.45, 2.75) is 57.7 Å². The third-order valence-corrected chi connectivity index (χ3v) is 5.36. The van der Waals surface area contributed by atoms with Crippen LogP contribution >= 0.6 is 0 Å². The Bertz CT molecular complexity index is 805. The third-order valence-electron chi connectivity index (χ3n) is 5.36. The molecule has 3 rings (SSSR count). The Labute approximate surface area is 179 Å². The lowest BCUT2D eigenvalue weighted by Gasteiger charge is -2.39. The van der Waals surface area contributed by atoms with Crippen molar-refractivity contribution in [3.8, 4) is 5.75 Å². The zero-order valence-electron chi connectivity index (χ0n) is 18.4. The molecule has 1 aliphatic carbocycles. The van der Waals surface area contributed by atoms with E-state index in [0.717, 1.165) is 11.1 Å². The van der Waals surface area contributed by atoms with Crippen LogP contribution in [0.1, 0.15) is 56.6 Å². The molecule has 2 aromatic carbocycles.